The normalized spacial score (nSPS) is 12.9. The molecular formula is C10H7F2NO2. The number of aliphatic imine (C=N–C) groups is 1. The number of hydrogen-bond acceptors (Lipinski definition) is 3. The number of rotatable bonds is 2. The molecule has 0 aliphatic carbocycles. The van der Waals surface area contributed by atoms with E-state index in [9.17, 15) is 13.6 Å². The van der Waals surface area contributed by atoms with Gasteiger partial charge in [0, 0.05) is 18.1 Å². The van der Waals surface area contributed by atoms with Crippen molar-refractivity contribution in [2.24, 2.45) is 4.99 Å². The van der Waals surface area contributed by atoms with Gasteiger partial charge in [0.05, 0.1) is 18.7 Å². The number of ether oxygens (including phenoxy) is 1. The monoisotopic (exact) mass is 211 g/mol. The molecule has 0 radical (unpaired) electrons. The summed E-state index contributed by atoms with van der Waals surface area (Å²) in [6.45, 7) is 0.158. The molecule has 3 nitrogen and oxygen atoms in total. The minimum atomic E-state index is -0.743. The molecule has 0 unspecified atom stereocenters. The van der Waals surface area contributed by atoms with Crippen molar-refractivity contribution >= 4 is 6.08 Å². The molecular weight excluding hydrogens is 204 g/mol. The summed E-state index contributed by atoms with van der Waals surface area (Å²) in [5.41, 5.74) is 0.472. The number of carbonyl (C=O) groups excluding carboxylic acids is 1. The fraction of sp³-hybridized carbons (Fsp3) is 0.300. The largest absolute Gasteiger partial charge is 0.492 e. The van der Waals surface area contributed by atoms with Gasteiger partial charge in [-0.15, -0.1) is 0 Å². The average Bonchev–Trinajstić information content (AvgIpc) is 2.66. The summed E-state index contributed by atoms with van der Waals surface area (Å²) in [4.78, 5) is 13.2. The van der Waals surface area contributed by atoms with Gasteiger partial charge < -0.3 is 4.74 Å². The zero-order valence-corrected chi connectivity index (χ0v) is 7.72. The van der Waals surface area contributed by atoms with Crippen molar-refractivity contribution < 1.29 is 18.3 Å². The number of nitrogens with zero attached hydrogens (tertiary/aromatic N) is 1. The van der Waals surface area contributed by atoms with Crippen molar-refractivity contribution in [3.63, 3.8) is 0 Å². The maximum absolute atomic E-state index is 13.3. The van der Waals surface area contributed by atoms with E-state index in [1.54, 1.807) is 0 Å². The zero-order valence-electron chi connectivity index (χ0n) is 7.72. The Kier molecular flexibility index (Phi) is 2.47. The number of isocyanates is 1. The Morgan fingerprint density at radius 1 is 1.47 bits per heavy atom. The van der Waals surface area contributed by atoms with Gasteiger partial charge in [0.2, 0.25) is 6.08 Å². The van der Waals surface area contributed by atoms with Crippen molar-refractivity contribution in [3.8, 4) is 5.75 Å². The van der Waals surface area contributed by atoms with Gasteiger partial charge in [-0.2, -0.15) is 0 Å². The van der Waals surface area contributed by atoms with Crippen LogP contribution in [0.15, 0.2) is 11.1 Å². The lowest BCUT2D eigenvalue weighted by Gasteiger charge is -2.07. The van der Waals surface area contributed by atoms with E-state index >= 15 is 0 Å². The third kappa shape index (κ3) is 1.62. The molecule has 0 amide bonds. The van der Waals surface area contributed by atoms with Gasteiger partial charge in [0.15, 0.2) is 0 Å². The topological polar surface area (TPSA) is 38.7 Å². The van der Waals surface area contributed by atoms with Crippen LogP contribution >= 0.6 is 0 Å². The summed E-state index contributed by atoms with van der Waals surface area (Å²) in [5.74, 6) is -1.17. The van der Waals surface area contributed by atoms with Crippen molar-refractivity contribution in [2.75, 3.05) is 6.61 Å². The summed E-state index contributed by atoms with van der Waals surface area (Å²) in [7, 11) is 0. The third-order valence-corrected chi connectivity index (χ3v) is 2.28. The summed E-state index contributed by atoms with van der Waals surface area (Å²) in [6, 6.07) is 0.795. The van der Waals surface area contributed by atoms with Gasteiger partial charge in [-0.05, 0) is 0 Å². The van der Waals surface area contributed by atoms with Gasteiger partial charge in [0.25, 0.3) is 0 Å². The molecule has 0 N–H and O–H groups in total. The SMILES string of the molecule is O=C=NCc1c(F)cc(F)c2c1OCC2. The molecule has 1 aliphatic rings. The highest BCUT2D eigenvalue weighted by atomic mass is 19.1. The Morgan fingerprint density at radius 2 is 2.27 bits per heavy atom. The smallest absolute Gasteiger partial charge is 0.235 e. The molecule has 1 aliphatic heterocycles. The highest BCUT2D eigenvalue weighted by Crippen LogP contribution is 2.34. The first-order valence-electron chi connectivity index (χ1n) is 4.40. The van der Waals surface area contributed by atoms with Gasteiger partial charge >= 0.3 is 0 Å². The lowest BCUT2D eigenvalue weighted by molar-refractivity contribution is 0.351. The minimum Gasteiger partial charge on any atom is -0.492 e. The molecule has 1 aromatic rings. The summed E-state index contributed by atoms with van der Waals surface area (Å²) < 4.78 is 31.7. The van der Waals surface area contributed by atoms with Crippen LogP contribution in [0.4, 0.5) is 8.78 Å². The van der Waals surface area contributed by atoms with Crippen molar-refractivity contribution in [1.82, 2.24) is 0 Å². The van der Waals surface area contributed by atoms with Crippen LogP contribution in [0, 0.1) is 11.6 Å². The molecule has 78 valence electrons. The molecule has 0 aromatic heterocycles. The Balaban J connectivity index is 2.53. The number of benzene rings is 1. The van der Waals surface area contributed by atoms with Crippen LogP contribution in [-0.4, -0.2) is 12.7 Å². The van der Waals surface area contributed by atoms with Crippen molar-refractivity contribution in [2.45, 2.75) is 13.0 Å². The summed E-state index contributed by atoms with van der Waals surface area (Å²) in [5, 5.41) is 0. The fourth-order valence-corrected chi connectivity index (χ4v) is 1.61. The Hall–Kier alpha value is -1.74. The molecule has 1 aromatic carbocycles. The molecule has 0 spiro atoms. The summed E-state index contributed by atoms with van der Waals surface area (Å²) >= 11 is 0. The zero-order chi connectivity index (χ0) is 10.8. The van der Waals surface area contributed by atoms with Crippen molar-refractivity contribution in [3.05, 3.63) is 28.8 Å². The minimum absolute atomic E-state index is 0.118. The Bertz CT molecular complexity index is 453. The van der Waals surface area contributed by atoms with E-state index in [-0.39, 0.29) is 17.9 Å². The predicted molar refractivity (Wildman–Crippen MR) is 47.4 cm³/mol. The van der Waals surface area contributed by atoms with E-state index in [0.717, 1.165) is 6.07 Å². The van der Waals surface area contributed by atoms with Gasteiger partial charge in [-0.25, -0.2) is 18.6 Å². The quantitative estimate of drug-likeness (QED) is 0.552. The Labute approximate surface area is 84.4 Å². The second-order valence-corrected chi connectivity index (χ2v) is 3.13. The molecule has 0 atom stereocenters. The van der Waals surface area contributed by atoms with Crippen LogP contribution in [0.25, 0.3) is 0 Å². The molecule has 0 saturated heterocycles. The molecule has 0 saturated carbocycles. The lowest BCUT2D eigenvalue weighted by atomic mass is 10.1. The van der Waals surface area contributed by atoms with Crippen LogP contribution in [0.3, 0.4) is 0 Å². The predicted octanol–water partition coefficient (Wildman–Crippen LogP) is 1.74. The van der Waals surface area contributed by atoms with Gasteiger partial charge in [-0.3, -0.25) is 0 Å². The van der Waals surface area contributed by atoms with E-state index in [4.69, 9.17) is 4.74 Å². The van der Waals surface area contributed by atoms with Gasteiger partial charge in [-0.1, -0.05) is 0 Å². The number of halogens is 2. The van der Waals surface area contributed by atoms with Crippen LogP contribution < -0.4 is 4.74 Å². The van der Waals surface area contributed by atoms with Crippen LogP contribution in [0.1, 0.15) is 11.1 Å². The highest BCUT2D eigenvalue weighted by Gasteiger charge is 2.23. The maximum Gasteiger partial charge on any atom is 0.235 e. The maximum atomic E-state index is 13.3. The second-order valence-electron chi connectivity index (χ2n) is 3.13. The van der Waals surface area contributed by atoms with Crippen LogP contribution in [-0.2, 0) is 17.8 Å². The Morgan fingerprint density at radius 3 is 3.00 bits per heavy atom. The number of fused-ring (bicyclic) bond motifs is 1. The van der Waals surface area contributed by atoms with E-state index in [1.807, 2.05) is 0 Å². The van der Waals surface area contributed by atoms with E-state index in [0.29, 0.717) is 18.6 Å². The first kappa shape index (κ1) is 9.80. The molecule has 0 bridgehead atoms. The standard InChI is InChI=1S/C10H7F2NO2/c11-8-3-9(12)7(4-13-5-14)10-6(8)1-2-15-10/h3H,1-2,4H2. The van der Waals surface area contributed by atoms with E-state index in [2.05, 4.69) is 4.99 Å². The van der Waals surface area contributed by atoms with Crippen LogP contribution in [0.2, 0.25) is 0 Å². The molecule has 0 fully saturated rings. The number of hydrogen-bond donors (Lipinski definition) is 0. The first-order chi connectivity index (χ1) is 7.24. The molecule has 5 heteroatoms. The first-order valence-corrected chi connectivity index (χ1v) is 4.40. The fourth-order valence-electron chi connectivity index (χ4n) is 1.61. The summed E-state index contributed by atoms with van der Waals surface area (Å²) in [6.07, 6.45) is 1.72. The van der Waals surface area contributed by atoms with E-state index in [1.165, 1.54) is 6.08 Å². The van der Waals surface area contributed by atoms with Gasteiger partial charge in [0.1, 0.15) is 17.4 Å². The molecule has 15 heavy (non-hydrogen) atoms. The molecule has 1 heterocycles. The third-order valence-electron chi connectivity index (χ3n) is 2.28. The van der Waals surface area contributed by atoms with Crippen LogP contribution in [0.5, 0.6) is 5.75 Å². The van der Waals surface area contributed by atoms with Crippen molar-refractivity contribution in [1.29, 1.82) is 0 Å². The second kappa shape index (κ2) is 3.79. The highest BCUT2D eigenvalue weighted by molar-refractivity contribution is 5.46. The molecule has 2 rings (SSSR count). The van der Waals surface area contributed by atoms with E-state index < -0.39 is 11.6 Å². The lowest BCUT2D eigenvalue weighted by Crippen LogP contribution is -1.96. The average molecular weight is 211 g/mol.